The molecule has 2 aromatic rings. The summed E-state index contributed by atoms with van der Waals surface area (Å²) >= 11 is 0. The number of amides is 2. The molecule has 0 saturated carbocycles. The number of benzene rings is 2. The molecule has 6 heteroatoms. The summed E-state index contributed by atoms with van der Waals surface area (Å²) in [6.45, 7) is 3.81. The Morgan fingerprint density at radius 2 is 1.60 bits per heavy atom. The smallest absolute Gasteiger partial charge is 0.326 e. The molecule has 0 spiro atoms. The van der Waals surface area contributed by atoms with Crippen molar-refractivity contribution in [1.29, 1.82) is 0 Å². The van der Waals surface area contributed by atoms with Crippen LogP contribution in [0.3, 0.4) is 0 Å². The van der Waals surface area contributed by atoms with Gasteiger partial charge in [-0.25, -0.2) is 9.59 Å². The minimum Gasteiger partial charge on any atom is -0.480 e. The fourth-order valence-corrected chi connectivity index (χ4v) is 2.25. The zero-order valence-electron chi connectivity index (χ0n) is 14.2. The minimum atomic E-state index is -1.05. The van der Waals surface area contributed by atoms with E-state index in [1.54, 1.807) is 24.3 Å². The number of anilines is 1. The van der Waals surface area contributed by atoms with Gasteiger partial charge in [-0.3, -0.25) is 0 Å². The Balaban J connectivity index is 1.91. The number of carbonyl (C=O) groups excluding carboxylic acids is 1. The average molecular weight is 342 g/mol. The van der Waals surface area contributed by atoms with Gasteiger partial charge in [-0.2, -0.15) is 0 Å². The van der Waals surface area contributed by atoms with Gasteiger partial charge >= 0.3 is 12.0 Å². The highest BCUT2D eigenvalue weighted by molar-refractivity contribution is 5.92. The molecule has 2 rings (SSSR count). The van der Waals surface area contributed by atoms with Crippen molar-refractivity contribution in [1.82, 2.24) is 5.32 Å². The van der Waals surface area contributed by atoms with Crippen LogP contribution >= 0.6 is 0 Å². The molecule has 0 unspecified atom stereocenters. The maximum Gasteiger partial charge on any atom is 0.326 e. The first-order chi connectivity index (χ1) is 11.9. The highest BCUT2D eigenvalue weighted by atomic mass is 16.5. The van der Waals surface area contributed by atoms with Crippen LogP contribution in [0.4, 0.5) is 10.5 Å². The van der Waals surface area contributed by atoms with E-state index in [9.17, 15) is 9.59 Å². The van der Waals surface area contributed by atoms with Crippen LogP contribution in [0, 0.1) is 5.92 Å². The van der Waals surface area contributed by atoms with Gasteiger partial charge in [-0.15, -0.1) is 0 Å². The second kappa shape index (κ2) is 8.73. The monoisotopic (exact) mass is 342 g/mol. The molecule has 0 heterocycles. The Morgan fingerprint density at radius 1 is 1.00 bits per heavy atom. The zero-order chi connectivity index (χ0) is 18.2. The van der Waals surface area contributed by atoms with Gasteiger partial charge in [0.15, 0.2) is 0 Å². The Bertz CT molecular complexity index is 699. The topological polar surface area (TPSA) is 87.7 Å². The first kappa shape index (κ1) is 18.3. The van der Waals surface area contributed by atoms with Crippen molar-refractivity contribution in [2.75, 3.05) is 5.32 Å². The van der Waals surface area contributed by atoms with E-state index in [4.69, 9.17) is 9.84 Å². The molecule has 0 fully saturated rings. The van der Waals surface area contributed by atoms with E-state index in [1.165, 1.54) is 0 Å². The molecular formula is C19H22N2O4. The van der Waals surface area contributed by atoms with E-state index in [0.29, 0.717) is 17.9 Å². The predicted molar refractivity (Wildman–Crippen MR) is 96.0 cm³/mol. The van der Waals surface area contributed by atoms with Crippen LogP contribution in [0.25, 0.3) is 0 Å². The number of carboxylic acids is 1. The van der Waals surface area contributed by atoms with Gasteiger partial charge in [-0.05, 0) is 48.7 Å². The van der Waals surface area contributed by atoms with Crippen LogP contribution in [-0.2, 0) is 4.79 Å². The van der Waals surface area contributed by atoms with E-state index in [0.717, 1.165) is 5.75 Å². The number of carboxylic acid groups (broad SMARTS) is 1. The van der Waals surface area contributed by atoms with E-state index >= 15 is 0 Å². The van der Waals surface area contributed by atoms with Crippen LogP contribution in [0.1, 0.15) is 20.3 Å². The molecule has 0 saturated heterocycles. The second-order valence-corrected chi connectivity index (χ2v) is 6.06. The van der Waals surface area contributed by atoms with Crippen molar-refractivity contribution in [2.24, 2.45) is 5.92 Å². The largest absolute Gasteiger partial charge is 0.480 e. The number of para-hydroxylation sites is 1. The van der Waals surface area contributed by atoms with Crippen LogP contribution in [0.15, 0.2) is 54.6 Å². The molecule has 0 aromatic heterocycles. The van der Waals surface area contributed by atoms with Crippen LogP contribution in [-0.4, -0.2) is 23.1 Å². The van der Waals surface area contributed by atoms with Gasteiger partial charge in [0, 0.05) is 5.69 Å². The summed E-state index contributed by atoms with van der Waals surface area (Å²) in [5, 5.41) is 14.2. The summed E-state index contributed by atoms with van der Waals surface area (Å²) < 4.78 is 5.67. The highest BCUT2D eigenvalue weighted by Crippen LogP contribution is 2.22. The van der Waals surface area contributed by atoms with Gasteiger partial charge in [-0.1, -0.05) is 32.0 Å². The zero-order valence-corrected chi connectivity index (χ0v) is 14.2. The second-order valence-electron chi connectivity index (χ2n) is 6.06. The average Bonchev–Trinajstić information content (AvgIpc) is 2.56. The summed E-state index contributed by atoms with van der Waals surface area (Å²) in [7, 11) is 0. The molecule has 0 aliphatic heterocycles. The fraction of sp³-hybridized carbons (Fsp3) is 0.263. The van der Waals surface area contributed by atoms with Gasteiger partial charge in [0.05, 0.1) is 0 Å². The summed E-state index contributed by atoms with van der Waals surface area (Å²) in [4.78, 5) is 23.2. The minimum absolute atomic E-state index is 0.163. The van der Waals surface area contributed by atoms with E-state index in [-0.39, 0.29) is 5.92 Å². The Labute approximate surface area is 146 Å². The molecule has 2 amide bonds. The van der Waals surface area contributed by atoms with Crippen molar-refractivity contribution >= 4 is 17.7 Å². The van der Waals surface area contributed by atoms with Crippen molar-refractivity contribution in [2.45, 2.75) is 26.3 Å². The lowest BCUT2D eigenvalue weighted by Gasteiger charge is -2.17. The van der Waals surface area contributed by atoms with E-state index in [1.807, 2.05) is 44.2 Å². The maximum absolute atomic E-state index is 12.0. The third-order valence-electron chi connectivity index (χ3n) is 3.40. The Hall–Kier alpha value is -3.02. The summed E-state index contributed by atoms with van der Waals surface area (Å²) in [6, 6.07) is 14.7. The Morgan fingerprint density at radius 3 is 2.16 bits per heavy atom. The third kappa shape index (κ3) is 6.18. The normalized spacial score (nSPS) is 11.6. The summed E-state index contributed by atoms with van der Waals surface area (Å²) in [6.07, 6.45) is 0.368. The number of hydrogen-bond acceptors (Lipinski definition) is 3. The summed E-state index contributed by atoms with van der Waals surface area (Å²) in [5.74, 6) is 0.477. The van der Waals surface area contributed by atoms with Crippen molar-refractivity contribution in [3.63, 3.8) is 0 Å². The molecule has 0 radical (unpaired) electrons. The Kier molecular flexibility index (Phi) is 6.39. The quantitative estimate of drug-likeness (QED) is 0.707. The molecule has 2 aromatic carbocycles. The lowest BCUT2D eigenvalue weighted by molar-refractivity contribution is -0.139. The van der Waals surface area contributed by atoms with Crippen molar-refractivity contribution < 1.29 is 19.4 Å². The van der Waals surface area contributed by atoms with Crippen molar-refractivity contribution in [3.8, 4) is 11.5 Å². The summed E-state index contributed by atoms with van der Waals surface area (Å²) in [5.41, 5.74) is 0.548. The van der Waals surface area contributed by atoms with Crippen molar-refractivity contribution in [3.05, 3.63) is 54.6 Å². The number of urea groups is 1. The molecule has 0 aliphatic rings. The molecular weight excluding hydrogens is 320 g/mol. The SMILES string of the molecule is CC(C)C[C@H](NC(=O)Nc1ccc(Oc2ccccc2)cc1)C(=O)O. The van der Waals surface area contributed by atoms with Gasteiger partial charge in [0.2, 0.25) is 0 Å². The van der Waals surface area contributed by atoms with Gasteiger partial charge in [0.25, 0.3) is 0 Å². The number of rotatable bonds is 7. The number of aliphatic carboxylic acids is 1. The van der Waals surface area contributed by atoms with Crippen LogP contribution in [0.5, 0.6) is 11.5 Å². The molecule has 132 valence electrons. The maximum atomic E-state index is 12.0. The van der Waals surface area contributed by atoms with Crippen LogP contribution in [0.2, 0.25) is 0 Å². The molecule has 3 N–H and O–H groups in total. The number of nitrogens with one attached hydrogen (secondary N) is 2. The number of ether oxygens (including phenoxy) is 1. The van der Waals surface area contributed by atoms with E-state index in [2.05, 4.69) is 10.6 Å². The molecule has 0 aliphatic carbocycles. The van der Waals surface area contributed by atoms with Gasteiger partial charge in [0.1, 0.15) is 17.5 Å². The highest BCUT2D eigenvalue weighted by Gasteiger charge is 2.20. The number of hydrogen-bond donors (Lipinski definition) is 3. The first-order valence-corrected chi connectivity index (χ1v) is 8.07. The standard InChI is InChI=1S/C19H22N2O4/c1-13(2)12-17(18(22)23)21-19(24)20-14-8-10-16(11-9-14)25-15-6-4-3-5-7-15/h3-11,13,17H,12H2,1-2H3,(H,22,23)(H2,20,21,24)/t17-/m0/s1. The lowest BCUT2D eigenvalue weighted by Crippen LogP contribution is -2.43. The first-order valence-electron chi connectivity index (χ1n) is 8.07. The molecule has 25 heavy (non-hydrogen) atoms. The molecule has 0 bridgehead atoms. The van der Waals surface area contributed by atoms with Gasteiger partial charge < -0.3 is 20.5 Å². The molecule has 1 atom stereocenters. The fourth-order valence-electron chi connectivity index (χ4n) is 2.25. The van der Waals surface area contributed by atoms with E-state index < -0.39 is 18.0 Å². The predicted octanol–water partition coefficient (Wildman–Crippen LogP) is 4.10. The number of carbonyl (C=O) groups is 2. The third-order valence-corrected chi connectivity index (χ3v) is 3.40. The molecule has 6 nitrogen and oxygen atoms in total. The van der Waals surface area contributed by atoms with Crippen LogP contribution < -0.4 is 15.4 Å². The lowest BCUT2D eigenvalue weighted by atomic mass is 10.0.